The van der Waals surface area contributed by atoms with Gasteiger partial charge in [0.15, 0.2) is 0 Å². The van der Waals surface area contributed by atoms with Crippen LogP contribution < -0.4 is 21.7 Å². The maximum Gasteiger partial charge on any atom is 0.266 e. The van der Waals surface area contributed by atoms with Crippen LogP contribution in [0.2, 0.25) is 0 Å². The van der Waals surface area contributed by atoms with Crippen LogP contribution in [-0.2, 0) is 20.2 Å². The van der Waals surface area contributed by atoms with Gasteiger partial charge in [-0.1, -0.05) is 0 Å². The van der Waals surface area contributed by atoms with Crippen molar-refractivity contribution in [3.8, 4) is 0 Å². The van der Waals surface area contributed by atoms with Gasteiger partial charge in [-0.2, -0.15) is 31.8 Å². The van der Waals surface area contributed by atoms with E-state index in [2.05, 4.69) is 30.9 Å². The fourth-order valence-electron chi connectivity index (χ4n) is 1.38. The predicted molar refractivity (Wildman–Crippen MR) is 87.2 cm³/mol. The van der Waals surface area contributed by atoms with Crippen molar-refractivity contribution in [1.29, 1.82) is 0 Å². The van der Waals surface area contributed by atoms with E-state index in [-0.39, 0.29) is 30.9 Å². The Labute approximate surface area is 139 Å². The van der Waals surface area contributed by atoms with Gasteiger partial charge >= 0.3 is 0 Å². The maximum atomic E-state index is 10.7. The number of aromatic nitrogens is 3. The summed E-state index contributed by atoms with van der Waals surface area (Å²) < 4.78 is 60.0. The molecular weight excluding hydrogens is 366 g/mol. The Kier molecular flexibility index (Phi) is 7.49. The molecule has 1 rings (SSSR count). The molecule has 138 valence electrons. The molecule has 15 heteroatoms. The Morgan fingerprint density at radius 2 is 1.08 bits per heavy atom. The summed E-state index contributed by atoms with van der Waals surface area (Å²) in [5, 5.41) is 7.96. The standard InChI is InChI=1S/C9H19N7O6S2/c10-1-2-11-7-14-8(12-3-5-23(17,18)19)16-9(15-7)13-4-6-24(20,21)22/h1-6,10H2,(H,17,18,19)(H,20,21,22)(H3,11,12,13,14,15,16). The van der Waals surface area contributed by atoms with Crippen molar-refractivity contribution in [1.82, 2.24) is 15.0 Å². The number of hydrogen-bond acceptors (Lipinski definition) is 11. The van der Waals surface area contributed by atoms with E-state index in [1.807, 2.05) is 0 Å². The Balaban J connectivity index is 2.78. The van der Waals surface area contributed by atoms with Crippen LogP contribution in [0.15, 0.2) is 0 Å². The lowest BCUT2D eigenvalue weighted by Crippen LogP contribution is -2.20. The minimum atomic E-state index is -4.14. The van der Waals surface area contributed by atoms with Crippen LogP contribution in [0, 0.1) is 0 Å². The van der Waals surface area contributed by atoms with Crippen LogP contribution in [-0.4, -0.2) is 78.6 Å². The fourth-order valence-corrected chi connectivity index (χ4v) is 2.10. The number of anilines is 3. The van der Waals surface area contributed by atoms with Crippen molar-refractivity contribution < 1.29 is 25.9 Å². The summed E-state index contributed by atoms with van der Waals surface area (Å²) in [6, 6.07) is 0. The lowest BCUT2D eigenvalue weighted by Gasteiger charge is -2.10. The molecular formula is C9H19N7O6S2. The van der Waals surface area contributed by atoms with Gasteiger partial charge in [0.2, 0.25) is 17.8 Å². The summed E-state index contributed by atoms with van der Waals surface area (Å²) >= 11 is 0. The normalized spacial score (nSPS) is 12.0. The van der Waals surface area contributed by atoms with Crippen LogP contribution in [0.3, 0.4) is 0 Å². The smallest absolute Gasteiger partial charge is 0.266 e. The van der Waals surface area contributed by atoms with Gasteiger partial charge < -0.3 is 21.7 Å². The minimum Gasteiger partial charge on any atom is -0.353 e. The molecule has 0 fully saturated rings. The number of rotatable bonds is 11. The summed E-state index contributed by atoms with van der Waals surface area (Å²) in [5.74, 6) is -0.963. The number of nitrogens with two attached hydrogens (primary N) is 1. The molecule has 0 bridgehead atoms. The Hall–Kier alpha value is -1.81. The first-order valence-electron chi connectivity index (χ1n) is 6.67. The van der Waals surface area contributed by atoms with Gasteiger partial charge in [0.25, 0.3) is 20.2 Å². The molecule has 1 aromatic heterocycles. The Morgan fingerprint density at radius 1 is 0.750 bits per heavy atom. The molecule has 0 amide bonds. The fraction of sp³-hybridized carbons (Fsp3) is 0.667. The summed E-state index contributed by atoms with van der Waals surface area (Å²) in [6.45, 7) is 0.370. The number of nitrogens with one attached hydrogen (secondary N) is 3. The van der Waals surface area contributed by atoms with E-state index in [1.54, 1.807) is 0 Å². The van der Waals surface area contributed by atoms with Gasteiger partial charge in [0.1, 0.15) is 0 Å². The van der Waals surface area contributed by atoms with Gasteiger partial charge in [-0.15, -0.1) is 0 Å². The first kappa shape index (κ1) is 20.2. The third-order valence-electron chi connectivity index (χ3n) is 2.35. The van der Waals surface area contributed by atoms with E-state index in [9.17, 15) is 16.8 Å². The van der Waals surface area contributed by atoms with Crippen LogP contribution in [0.25, 0.3) is 0 Å². The van der Waals surface area contributed by atoms with Crippen LogP contribution in [0.4, 0.5) is 17.8 Å². The minimum absolute atomic E-state index is 0.00234. The highest BCUT2D eigenvalue weighted by atomic mass is 32.2. The summed E-state index contributed by atoms with van der Waals surface area (Å²) in [6.07, 6.45) is 0. The zero-order valence-corrected chi connectivity index (χ0v) is 14.1. The van der Waals surface area contributed by atoms with Crippen molar-refractivity contribution in [3.05, 3.63) is 0 Å². The first-order valence-corrected chi connectivity index (χ1v) is 9.89. The number of hydrogen-bond donors (Lipinski definition) is 6. The molecule has 13 nitrogen and oxygen atoms in total. The Bertz CT molecular complexity index is 683. The van der Waals surface area contributed by atoms with Crippen LogP contribution >= 0.6 is 0 Å². The summed E-state index contributed by atoms with van der Waals surface area (Å²) in [7, 11) is -8.27. The van der Waals surface area contributed by atoms with E-state index < -0.39 is 31.7 Å². The van der Waals surface area contributed by atoms with Crippen molar-refractivity contribution in [3.63, 3.8) is 0 Å². The molecule has 24 heavy (non-hydrogen) atoms. The first-order chi connectivity index (χ1) is 11.1. The Morgan fingerprint density at radius 3 is 1.38 bits per heavy atom. The highest BCUT2D eigenvalue weighted by Crippen LogP contribution is 2.09. The highest BCUT2D eigenvalue weighted by Gasteiger charge is 2.10. The van der Waals surface area contributed by atoms with E-state index in [0.29, 0.717) is 13.1 Å². The topological polar surface area (TPSA) is 210 Å². The second-order valence-electron chi connectivity index (χ2n) is 4.45. The van der Waals surface area contributed by atoms with Gasteiger partial charge in [-0.3, -0.25) is 9.11 Å². The SMILES string of the molecule is NCCNc1nc(NCCS(=O)(=O)O)nc(NCCS(=O)(=O)O)n1. The molecule has 1 heterocycles. The second kappa shape index (κ2) is 8.88. The van der Waals surface area contributed by atoms with Crippen molar-refractivity contribution in [2.45, 2.75) is 0 Å². The van der Waals surface area contributed by atoms with E-state index >= 15 is 0 Å². The quantitative estimate of drug-likeness (QED) is 0.224. The maximum absolute atomic E-state index is 10.7. The lowest BCUT2D eigenvalue weighted by atomic mass is 10.6. The molecule has 0 aliphatic carbocycles. The van der Waals surface area contributed by atoms with E-state index in [1.165, 1.54) is 0 Å². The predicted octanol–water partition coefficient (Wildman–Crippen LogP) is -2.16. The third-order valence-corrected chi connectivity index (χ3v) is 3.79. The van der Waals surface area contributed by atoms with E-state index in [4.69, 9.17) is 14.8 Å². The molecule has 0 radical (unpaired) electrons. The average Bonchev–Trinajstić information content (AvgIpc) is 2.42. The zero-order valence-electron chi connectivity index (χ0n) is 12.5. The summed E-state index contributed by atoms with van der Waals surface area (Å²) in [5.41, 5.74) is 5.35. The largest absolute Gasteiger partial charge is 0.353 e. The van der Waals surface area contributed by atoms with Gasteiger partial charge in [-0.05, 0) is 0 Å². The molecule has 0 aromatic carbocycles. The third kappa shape index (κ3) is 9.36. The van der Waals surface area contributed by atoms with Crippen molar-refractivity contribution in [2.75, 3.05) is 53.6 Å². The summed E-state index contributed by atoms with van der Waals surface area (Å²) in [4.78, 5) is 11.8. The van der Waals surface area contributed by atoms with Crippen LogP contribution in [0.1, 0.15) is 0 Å². The molecule has 7 N–H and O–H groups in total. The molecule has 0 saturated carbocycles. The van der Waals surface area contributed by atoms with Crippen molar-refractivity contribution >= 4 is 38.1 Å². The highest BCUT2D eigenvalue weighted by molar-refractivity contribution is 7.86. The van der Waals surface area contributed by atoms with E-state index in [0.717, 1.165) is 0 Å². The molecule has 0 aliphatic heterocycles. The van der Waals surface area contributed by atoms with Gasteiger partial charge in [0.05, 0.1) is 11.5 Å². The van der Waals surface area contributed by atoms with Crippen molar-refractivity contribution in [2.24, 2.45) is 5.73 Å². The molecule has 0 unspecified atom stereocenters. The average molecular weight is 385 g/mol. The molecule has 0 spiro atoms. The lowest BCUT2D eigenvalue weighted by molar-refractivity contribution is 0.481. The molecule has 0 aliphatic rings. The van der Waals surface area contributed by atoms with Gasteiger partial charge in [0, 0.05) is 26.2 Å². The molecule has 0 saturated heterocycles. The van der Waals surface area contributed by atoms with Gasteiger partial charge in [-0.25, -0.2) is 0 Å². The molecule has 1 aromatic rings. The monoisotopic (exact) mass is 385 g/mol. The van der Waals surface area contributed by atoms with Crippen LogP contribution in [0.5, 0.6) is 0 Å². The second-order valence-corrected chi connectivity index (χ2v) is 7.59. The number of nitrogens with zero attached hydrogens (tertiary/aromatic N) is 3. The zero-order chi connectivity index (χ0) is 18.2. The molecule has 0 atom stereocenters.